The zero-order valence-corrected chi connectivity index (χ0v) is 15.3. The summed E-state index contributed by atoms with van der Waals surface area (Å²) in [4.78, 5) is 23.9. The van der Waals surface area contributed by atoms with E-state index < -0.39 is 0 Å². The fourth-order valence-electron chi connectivity index (χ4n) is 3.59. The Bertz CT molecular complexity index is 1190. The molecule has 128 valence electrons. The molecule has 1 aliphatic rings. The van der Waals surface area contributed by atoms with E-state index in [1.807, 2.05) is 48.8 Å². The van der Waals surface area contributed by atoms with Gasteiger partial charge < -0.3 is 15.3 Å². The third-order valence-electron chi connectivity index (χ3n) is 4.85. The molecule has 0 bridgehead atoms. The van der Waals surface area contributed by atoms with Crippen LogP contribution in [-0.4, -0.2) is 28.1 Å². The number of hydrogen-bond acceptors (Lipinski definition) is 2. The number of nitrogens with one attached hydrogen (secondary N) is 3. The summed E-state index contributed by atoms with van der Waals surface area (Å²) in [5.41, 5.74) is 4.43. The van der Waals surface area contributed by atoms with Gasteiger partial charge in [-0.3, -0.25) is 9.79 Å². The van der Waals surface area contributed by atoms with Crippen LogP contribution in [0.3, 0.4) is 0 Å². The molecule has 26 heavy (non-hydrogen) atoms. The monoisotopic (exact) mass is 406 g/mol. The molecule has 0 aliphatic carbocycles. The van der Waals surface area contributed by atoms with Crippen LogP contribution in [0, 0.1) is 0 Å². The average molecular weight is 407 g/mol. The lowest BCUT2D eigenvalue weighted by atomic mass is 10.0. The van der Waals surface area contributed by atoms with Crippen LogP contribution in [0.25, 0.3) is 21.8 Å². The number of aromatic nitrogens is 2. The van der Waals surface area contributed by atoms with E-state index in [2.05, 4.69) is 42.3 Å². The van der Waals surface area contributed by atoms with Crippen molar-refractivity contribution in [3.63, 3.8) is 0 Å². The lowest BCUT2D eigenvalue weighted by molar-refractivity contribution is -0.115. The molecule has 5 nitrogen and oxygen atoms in total. The molecule has 2 aromatic carbocycles. The largest absolute Gasteiger partial charge is 0.361 e. The maximum absolute atomic E-state index is 12.8. The smallest absolute Gasteiger partial charge is 0.270 e. The number of carbonyl (C=O) groups excluding carboxylic acids is 1. The van der Waals surface area contributed by atoms with Crippen molar-refractivity contribution in [2.75, 3.05) is 6.54 Å². The topological polar surface area (TPSA) is 73.0 Å². The molecule has 1 aliphatic heterocycles. The number of rotatable bonds is 2. The number of amides is 1. The Labute approximate surface area is 157 Å². The maximum atomic E-state index is 12.8. The van der Waals surface area contributed by atoms with Gasteiger partial charge in [0.05, 0.1) is 12.6 Å². The first-order chi connectivity index (χ1) is 12.7. The second kappa shape index (κ2) is 5.85. The maximum Gasteiger partial charge on any atom is 0.270 e. The molecule has 0 unspecified atom stereocenters. The molecule has 6 heteroatoms. The summed E-state index contributed by atoms with van der Waals surface area (Å²) in [7, 11) is 0. The first-order valence-corrected chi connectivity index (χ1v) is 9.18. The average Bonchev–Trinajstić information content (AvgIpc) is 3.25. The van der Waals surface area contributed by atoms with Gasteiger partial charge in [0, 0.05) is 49.8 Å². The van der Waals surface area contributed by atoms with Crippen molar-refractivity contribution in [1.82, 2.24) is 15.3 Å². The summed E-state index contributed by atoms with van der Waals surface area (Å²) in [5, 5.41) is 5.23. The quantitative estimate of drug-likeness (QED) is 0.461. The highest BCUT2D eigenvalue weighted by Crippen LogP contribution is 2.29. The number of para-hydroxylation sites is 1. The van der Waals surface area contributed by atoms with Gasteiger partial charge in [-0.1, -0.05) is 40.2 Å². The van der Waals surface area contributed by atoms with Crippen LogP contribution in [-0.2, 0) is 4.79 Å². The molecule has 0 radical (unpaired) electrons. The second-order valence-corrected chi connectivity index (χ2v) is 7.31. The molecule has 4 aromatic rings. The van der Waals surface area contributed by atoms with Crippen molar-refractivity contribution in [3.8, 4) is 0 Å². The van der Waals surface area contributed by atoms with Gasteiger partial charge in [-0.15, -0.1) is 0 Å². The van der Waals surface area contributed by atoms with Crippen LogP contribution in [0.15, 0.2) is 64.3 Å². The fraction of sp³-hybridized carbons (Fsp3) is 0.100. The summed E-state index contributed by atoms with van der Waals surface area (Å²) < 4.78 is 1.02. The number of H-pyrrole nitrogens is 2. The predicted octanol–water partition coefficient (Wildman–Crippen LogP) is 4.07. The van der Waals surface area contributed by atoms with E-state index >= 15 is 0 Å². The number of fused-ring (bicyclic) bond motifs is 2. The summed E-state index contributed by atoms with van der Waals surface area (Å²) in [6, 6.07) is 13.9. The minimum absolute atomic E-state index is 0.133. The minimum atomic E-state index is -0.141. The first kappa shape index (κ1) is 15.4. The molecule has 5 rings (SSSR count). The van der Waals surface area contributed by atoms with E-state index in [1.54, 1.807) is 0 Å². The number of hydrogen-bond donors (Lipinski definition) is 3. The third-order valence-corrected chi connectivity index (χ3v) is 5.34. The standard InChI is InChI=1S/C20H15BrN4O/c21-11-5-6-13-14(8-23-17(13)7-11)18-10-24-19(20(26)25-18)15-9-22-16-4-2-1-3-12(15)16/h1-9,18,22-23H,10H2,(H,25,26)/t18-/m0/s1. The fourth-order valence-corrected chi connectivity index (χ4v) is 3.95. The van der Waals surface area contributed by atoms with Gasteiger partial charge in [-0.2, -0.15) is 0 Å². The molecule has 3 N–H and O–H groups in total. The molecule has 0 spiro atoms. The second-order valence-electron chi connectivity index (χ2n) is 6.40. The van der Waals surface area contributed by atoms with E-state index in [0.717, 1.165) is 37.4 Å². The van der Waals surface area contributed by atoms with E-state index in [0.29, 0.717) is 12.3 Å². The molecular formula is C20H15BrN4O. The van der Waals surface area contributed by atoms with Gasteiger partial charge in [0.15, 0.2) is 0 Å². The number of halogens is 1. The zero-order chi connectivity index (χ0) is 17.7. The van der Waals surface area contributed by atoms with E-state index in [9.17, 15) is 4.79 Å². The Morgan fingerprint density at radius 1 is 1.00 bits per heavy atom. The molecule has 0 saturated heterocycles. The Morgan fingerprint density at radius 2 is 1.85 bits per heavy atom. The molecule has 2 aromatic heterocycles. The summed E-state index contributed by atoms with van der Waals surface area (Å²) in [6.45, 7) is 0.517. The van der Waals surface area contributed by atoms with E-state index in [-0.39, 0.29) is 11.9 Å². The first-order valence-electron chi connectivity index (χ1n) is 8.39. The molecule has 1 amide bonds. The van der Waals surface area contributed by atoms with Gasteiger partial charge in [0.25, 0.3) is 5.91 Å². The summed E-state index contributed by atoms with van der Waals surface area (Å²) in [5.74, 6) is -0.141. The Kier molecular flexibility index (Phi) is 3.46. The van der Waals surface area contributed by atoms with Crippen LogP contribution in [0.2, 0.25) is 0 Å². The highest BCUT2D eigenvalue weighted by molar-refractivity contribution is 9.10. The van der Waals surface area contributed by atoms with Crippen molar-refractivity contribution < 1.29 is 4.79 Å². The molecule has 0 saturated carbocycles. The zero-order valence-electron chi connectivity index (χ0n) is 13.7. The van der Waals surface area contributed by atoms with Gasteiger partial charge in [0.1, 0.15) is 5.71 Å². The van der Waals surface area contributed by atoms with Crippen molar-refractivity contribution in [3.05, 3.63) is 70.5 Å². The lowest BCUT2D eigenvalue weighted by Crippen LogP contribution is -2.40. The summed E-state index contributed by atoms with van der Waals surface area (Å²) >= 11 is 3.48. The van der Waals surface area contributed by atoms with Crippen LogP contribution in [0.5, 0.6) is 0 Å². The van der Waals surface area contributed by atoms with Crippen molar-refractivity contribution in [1.29, 1.82) is 0 Å². The van der Waals surface area contributed by atoms with Gasteiger partial charge in [0.2, 0.25) is 0 Å². The van der Waals surface area contributed by atoms with Crippen LogP contribution < -0.4 is 5.32 Å². The van der Waals surface area contributed by atoms with E-state index in [4.69, 9.17) is 0 Å². The van der Waals surface area contributed by atoms with Gasteiger partial charge in [-0.25, -0.2) is 0 Å². The summed E-state index contributed by atoms with van der Waals surface area (Å²) in [6.07, 6.45) is 3.81. The van der Waals surface area contributed by atoms with Crippen LogP contribution >= 0.6 is 15.9 Å². The predicted molar refractivity (Wildman–Crippen MR) is 107 cm³/mol. The van der Waals surface area contributed by atoms with Gasteiger partial charge in [-0.05, 0) is 18.2 Å². The van der Waals surface area contributed by atoms with Crippen LogP contribution in [0.4, 0.5) is 0 Å². The number of benzene rings is 2. The molecule has 0 fully saturated rings. The SMILES string of the molecule is O=C1N[C@H](c2c[nH]c3cc(Br)ccc23)CN=C1c1c[nH]c2ccccc12. The number of nitrogens with zero attached hydrogens (tertiary/aromatic N) is 1. The van der Waals surface area contributed by atoms with Crippen LogP contribution in [0.1, 0.15) is 17.2 Å². The van der Waals surface area contributed by atoms with Crippen molar-refractivity contribution >= 4 is 49.4 Å². The number of aliphatic imine (C=N–C) groups is 1. The molecule has 1 atom stereocenters. The van der Waals surface area contributed by atoms with Gasteiger partial charge >= 0.3 is 0 Å². The minimum Gasteiger partial charge on any atom is -0.361 e. The Morgan fingerprint density at radius 3 is 2.73 bits per heavy atom. The normalized spacial score (nSPS) is 17.5. The Hall–Kier alpha value is -2.86. The number of carbonyl (C=O) groups is 1. The third kappa shape index (κ3) is 2.37. The Balaban J connectivity index is 1.52. The van der Waals surface area contributed by atoms with Crippen molar-refractivity contribution in [2.24, 2.45) is 4.99 Å². The highest BCUT2D eigenvalue weighted by Gasteiger charge is 2.27. The van der Waals surface area contributed by atoms with Crippen molar-refractivity contribution in [2.45, 2.75) is 6.04 Å². The number of aromatic amines is 2. The van der Waals surface area contributed by atoms with E-state index in [1.165, 1.54) is 0 Å². The highest BCUT2D eigenvalue weighted by atomic mass is 79.9. The molecular weight excluding hydrogens is 392 g/mol. The molecule has 3 heterocycles. The lowest BCUT2D eigenvalue weighted by Gasteiger charge is -2.22.